The minimum absolute atomic E-state index is 0.159. The van der Waals surface area contributed by atoms with Crippen LogP contribution in [0.25, 0.3) is 11.0 Å². The molecule has 170 valence electrons. The first-order valence-corrected chi connectivity index (χ1v) is 11.6. The third kappa shape index (κ3) is 4.83. The third-order valence-electron chi connectivity index (χ3n) is 6.07. The van der Waals surface area contributed by atoms with Crippen molar-refractivity contribution < 1.29 is 13.9 Å². The van der Waals surface area contributed by atoms with Gasteiger partial charge in [-0.3, -0.25) is 9.69 Å². The van der Waals surface area contributed by atoms with Gasteiger partial charge >= 0.3 is 0 Å². The van der Waals surface area contributed by atoms with Crippen molar-refractivity contribution in [3.05, 3.63) is 59.4 Å². The van der Waals surface area contributed by atoms with Crippen LogP contribution in [0.15, 0.2) is 46.9 Å². The number of aryl methyl sites for hydroxylation is 1. The number of benzene rings is 2. The number of fused-ring (bicyclic) bond motifs is 1. The monoisotopic (exact) mass is 434 g/mol. The van der Waals surface area contributed by atoms with Gasteiger partial charge in [-0.25, -0.2) is 0 Å². The molecule has 1 fully saturated rings. The maximum absolute atomic E-state index is 13.4. The normalized spacial score (nSPS) is 17.5. The molecule has 1 unspecified atom stereocenters. The summed E-state index contributed by atoms with van der Waals surface area (Å²) in [5, 5.41) is 3.89. The number of anilines is 1. The number of likely N-dealkylation sites (tertiary alicyclic amines) is 1. The Labute approximate surface area is 190 Å². The largest absolute Gasteiger partial charge is 0.488 e. The van der Waals surface area contributed by atoms with Crippen LogP contribution < -0.4 is 10.1 Å². The molecule has 5 heteroatoms. The Kier molecular flexibility index (Phi) is 6.29. The lowest BCUT2D eigenvalue weighted by Gasteiger charge is -2.34. The van der Waals surface area contributed by atoms with Crippen LogP contribution in [0.3, 0.4) is 0 Å². The predicted octanol–water partition coefficient (Wildman–Crippen LogP) is 6.55. The lowest BCUT2D eigenvalue weighted by atomic mass is 9.98. The van der Waals surface area contributed by atoms with Gasteiger partial charge in [-0.2, -0.15) is 0 Å². The van der Waals surface area contributed by atoms with Crippen LogP contribution >= 0.6 is 0 Å². The summed E-state index contributed by atoms with van der Waals surface area (Å²) in [5.41, 5.74) is 2.76. The number of hydrogen-bond donors (Lipinski definition) is 1. The molecular weight excluding hydrogens is 400 g/mol. The fourth-order valence-electron chi connectivity index (χ4n) is 4.52. The maximum Gasteiger partial charge on any atom is 0.259 e. The second kappa shape index (κ2) is 8.99. The number of hydrogen-bond acceptors (Lipinski definition) is 4. The molecule has 0 radical (unpaired) electrons. The van der Waals surface area contributed by atoms with Gasteiger partial charge in [0.2, 0.25) is 0 Å². The third-order valence-corrected chi connectivity index (χ3v) is 6.07. The molecule has 0 bridgehead atoms. The van der Waals surface area contributed by atoms with Gasteiger partial charge in [0.15, 0.2) is 0 Å². The van der Waals surface area contributed by atoms with Crippen LogP contribution in [-0.4, -0.2) is 29.0 Å². The Bertz CT molecular complexity index is 1100. The van der Waals surface area contributed by atoms with Gasteiger partial charge in [0.05, 0.1) is 5.56 Å². The SMILES string of the molecule is Cc1oc2ccc(OC(C)(C)C)c(CN3CCCCC3C)c2c1C(=O)Nc1ccccc1. The van der Waals surface area contributed by atoms with Gasteiger partial charge in [0.1, 0.15) is 22.7 Å². The fraction of sp³-hybridized carbons (Fsp3) is 0.444. The lowest BCUT2D eigenvalue weighted by molar-refractivity contribution is 0.102. The molecule has 1 aromatic heterocycles. The number of para-hydroxylation sites is 1. The molecule has 0 aliphatic carbocycles. The second-order valence-corrected chi connectivity index (χ2v) is 9.80. The van der Waals surface area contributed by atoms with E-state index in [-0.39, 0.29) is 11.5 Å². The zero-order valence-corrected chi connectivity index (χ0v) is 19.8. The van der Waals surface area contributed by atoms with E-state index in [1.165, 1.54) is 19.3 Å². The molecule has 2 aromatic carbocycles. The van der Waals surface area contributed by atoms with Gasteiger partial charge in [-0.05, 0) is 78.3 Å². The summed E-state index contributed by atoms with van der Waals surface area (Å²) < 4.78 is 12.4. The average Bonchev–Trinajstić information content (AvgIpc) is 3.07. The summed E-state index contributed by atoms with van der Waals surface area (Å²) in [6.07, 6.45) is 3.65. The smallest absolute Gasteiger partial charge is 0.259 e. The molecule has 0 saturated carbocycles. The molecule has 5 nitrogen and oxygen atoms in total. The number of ether oxygens (including phenoxy) is 1. The zero-order chi connectivity index (χ0) is 22.9. The van der Waals surface area contributed by atoms with Gasteiger partial charge in [-0.1, -0.05) is 24.6 Å². The van der Waals surface area contributed by atoms with E-state index in [4.69, 9.17) is 9.15 Å². The minimum Gasteiger partial charge on any atom is -0.488 e. The highest BCUT2D eigenvalue weighted by Gasteiger charge is 2.28. The van der Waals surface area contributed by atoms with Crippen molar-refractivity contribution in [2.24, 2.45) is 0 Å². The Morgan fingerprint density at radius 1 is 1.16 bits per heavy atom. The van der Waals surface area contributed by atoms with Crippen molar-refractivity contribution in [3.63, 3.8) is 0 Å². The van der Waals surface area contributed by atoms with Crippen LogP contribution in [0.4, 0.5) is 5.69 Å². The van der Waals surface area contributed by atoms with Crippen molar-refractivity contribution in [2.75, 3.05) is 11.9 Å². The van der Waals surface area contributed by atoms with E-state index in [1.807, 2.05) is 70.2 Å². The summed E-state index contributed by atoms with van der Waals surface area (Å²) in [6.45, 7) is 12.1. The topological polar surface area (TPSA) is 54.7 Å². The van der Waals surface area contributed by atoms with E-state index in [0.717, 1.165) is 41.1 Å². The van der Waals surface area contributed by atoms with Crippen molar-refractivity contribution in [1.82, 2.24) is 4.90 Å². The van der Waals surface area contributed by atoms with E-state index in [0.29, 0.717) is 17.4 Å². The number of piperidine rings is 1. The molecule has 1 aliphatic rings. The Balaban J connectivity index is 1.82. The minimum atomic E-state index is -0.346. The lowest BCUT2D eigenvalue weighted by Crippen LogP contribution is -2.37. The van der Waals surface area contributed by atoms with Gasteiger partial charge in [0, 0.05) is 29.2 Å². The van der Waals surface area contributed by atoms with Crippen molar-refractivity contribution in [2.45, 2.75) is 72.1 Å². The Hall–Kier alpha value is -2.79. The number of furan rings is 1. The molecule has 1 aliphatic heterocycles. The Morgan fingerprint density at radius 3 is 2.59 bits per heavy atom. The summed E-state index contributed by atoms with van der Waals surface area (Å²) in [5.74, 6) is 1.28. The number of nitrogens with one attached hydrogen (secondary N) is 1. The number of carbonyl (C=O) groups is 1. The van der Waals surface area contributed by atoms with E-state index in [1.54, 1.807) is 0 Å². The fourth-order valence-corrected chi connectivity index (χ4v) is 4.52. The first-order valence-electron chi connectivity index (χ1n) is 11.6. The first kappa shape index (κ1) is 22.4. The van der Waals surface area contributed by atoms with Crippen molar-refractivity contribution >= 4 is 22.6 Å². The molecule has 1 atom stereocenters. The molecule has 1 amide bonds. The summed E-state index contributed by atoms with van der Waals surface area (Å²) in [7, 11) is 0. The predicted molar refractivity (Wildman–Crippen MR) is 129 cm³/mol. The molecule has 0 spiro atoms. The van der Waals surface area contributed by atoms with Crippen LogP contribution in [0.2, 0.25) is 0 Å². The van der Waals surface area contributed by atoms with Crippen LogP contribution in [0.1, 0.15) is 68.6 Å². The summed E-state index contributed by atoms with van der Waals surface area (Å²) in [6, 6.07) is 13.9. The molecule has 32 heavy (non-hydrogen) atoms. The highest BCUT2D eigenvalue weighted by molar-refractivity contribution is 6.14. The highest BCUT2D eigenvalue weighted by atomic mass is 16.5. The van der Waals surface area contributed by atoms with E-state index < -0.39 is 0 Å². The van der Waals surface area contributed by atoms with Crippen LogP contribution in [-0.2, 0) is 6.54 Å². The van der Waals surface area contributed by atoms with E-state index >= 15 is 0 Å². The maximum atomic E-state index is 13.4. The highest BCUT2D eigenvalue weighted by Crippen LogP contribution is 2.38. The Morgan fingerprint density at radius 2 is 1.91 bits per heavy atom. The summed E-state index contributed by atoms with van der Waals surface area (Å²) in [4.78, 5) is 15.9. The van der Waals surface area contributed by atoms with Crippen molar-refractivity contribution in [1.29, 1.82) is 0 Å². The zero-order valence-electron chi connectivity index (χ0n) is 19.8. The first-order chi connectivity index (χ1) is 15.2. The molecular formula is C27H34N2O3. The quantitative estimate of drug-likeness (QED) is 0.495. The number of amides is 1. The van der Waals surface area contributed by atoms with Gasteiger partial charge < -0.3 is 14.5 Å². The molecule has 2 heterocycles. The molecule has 1 saturated heterocycles. The number of rotatable bonds is 5. The standard InChI is InChI=1S/C27H34N2O3/c1-18-11-9-10-16-29(18)17-21-22(32-27(3,4)5)14-15-23-25(21)24(19(2)31-23)26(30)28-20-12-7-6-8-13-20/h6-8,12-15,18H,9-11,16-17H2,1-5H3,(H,28,30). The number of carbonyl (C=O) groups excluding carboxylic acids is 1. The molecule has 1 N–H and O–H groups in total. The van der Waals surface area contributed by atoms with Crippen LogP contribution in [0, 0.1) is 6.92 Å². The molecule has 3 aromatic rings. The van der Waals surface area contributed by atoms with Crippen LogP contribution in [0.5, 0.6) is 5.75 Å². The average molecular weight is 435 g/mol. The second-order valence-electron chi connectivity index (χ2n) is 9.80. The number of nitrogens with zero attached hydrogens (tertiary/aromatic N) is 1. The summed E-state index contributed by atoms with van der Waals surface area (Å²) >= 11 is 0. The van der Waals surface area contributed by atoms with Gasteiger partial charge in [-0.15, -0.1) is 0 Å². The van der Waals surface area contributed by atoms with E-state index in [9.17, 15) is 4.79 Å². The van der Waals surface area contributed by atoms with Gasteiger partial charge in [0.25, 0.3) is 5.91 Å². The molecule has 4 rings (SSSR count). The van der Waals surface area contributed by atoms with E-state index in [2.05, 4.69) is 17.1 Å². The van der Waals surface area contributed by atoms with Crippen molar-refractivity contribution in [3.8, 4) is 5.75 Å².